The van der Waals surface area contributed by atoms with Gasteiger partial charge < -0.3 is 10.4 Å². The molecule has 0 radical (unpaired) electrons. The molecule has 1 aromatic carbocycles. The average Bonchev–Trinajstić information content (AvgIpc) is 2.58. The number of aliphatic hydroxyl groups is 1. The van der Waals surface area contributed by atoms with Crippen LogP contribution in [0.1, 0.15) is 43.5 Å². The van der Waals surface area contributed by atoms with Gasteiger partial charge in [0, 0.05) is 6.54 Å². The Bertz CT molecular complexity index is 723. The van der Waals surface area contributed by atoms with E-state index in [0.29, 0.717) is 18.7 Å². The highest BCUT2D eigenvalue weighted by molar-refractivity contribution is 7.92. The molecule has 2 N–H and O–H groups in total. The number of hydrogen-bond donors (Lipinski definition) is 2. The van der Waals surface area contributed by atoms with Gasteiger partial charge in [0.15, 0.2) is 0 Å². The van der Waals surface area contributed by atoms with Crippen LogP contribution in [0.2, 0.25) is 5.02 Å². The van der Waals surface area contributed by atoms with Crippen molar-refractivity contribution in [2.45, 2.75) is 39.2 Å². The molecule has 1 aliphatic heterocycles. The molecule has 0 saturated carbocycles. The van der Waals surface area contributed by atoms with Crippen LogP contribution in [0.25, 0.3) is 0 Å². The van der Waals surface area contributed by atoms with E-state index < -0.39 is 10.0 Å². The summed E-state index contributed by atoms with van der Waals surface area (Å²) in [5.41, 5.74) is 0.739. The number of benzene rings is 1. The van der Waals surface area contributed by atoms with Gasteiger partial charge in [0.2, 0.25) is 10.0 Å². The van der Waals surface area contributed by atoms with Gasteiger partial charge >= 0.3 is 0 Å². The first-order valence-corrected chi connectivity index (χ1v) is 10.5. The number of carbonyl (C=O) groups is 1. The lowest BCUT2D eigenvalue weighted by molar-refractivity contribution is 0.0891. The van der Waals surface area contributed by atoms with Crippen molar-refractivity contribution in [1.82, 2.24) is 5.32 Å². The van der Waals surface area contributed by atoms with E-state index in [2.05, 4.69) is 5.32 Å². The first-order valence-electron chi connectivity index (χ1n) is 8.51. The second-order valence-corrected chi connectivity index (χ2v) is 8.83. The van der Waals surface area contributed by atoms with Crippen molar-refractivity contribution in [3.63, 3.8) is 0 Å². The number of nitrogens with zero attached hydrogens (tertiary/aromatic N) is 1. The van der Waals surface area contributed by atoms with Crippen molar-refractivity contribution in [1.29, 1.82) is 0 Å². The Morgan fingerprint density at radius 2 is 2.12 bits per heavy atom. The number of carbonyl (C=O) groups excluding carboxylic acids is 1. The van der Waals surface area contributed by atoms with Crippen molar-refractivity contribution in [3.05, 3.63) is 28.8 Å². The normalized spacial score (nSPS) is 19.3. The molecule has 0 bridgehead atoms. The number of amides is 1. The Balaban J connectivity index is 2.20. The summed E-state index contributed by atoms with van der Waals surface area (Å²) in [5, 5.41) is 12.4. The molecule has 0 unspecified atom stereocenters. The Kier molecular flexibility index (Phi) is 6.71. The van der Waals surface area contributed by atoms with Crippen LogP contribution in [0.4, 0.5) is 5.69 Å². The van der Waals surface area contributed by atoms with Crippen LogP contribution in [0.5, 0.6) is 0 Å². The summed E-state index contributed by atoms with van der Waals surface area (Å²) in [4.78, 5) is 12.4. The molecule has 1 aliphatic rings. The predicted octanol–water partition coefficient (Wildman–Crippen LogP) is 2.41. The Hall–Kier alpha value is -1.31. The first-order chi connectivity index (χ1) is 11.8. The van der Waals surface area contributed by atoms with Gasteiger partial charge in [-0.05, 0) is 37.0 Å². The van der Waals surface area contributed by atoms with Crippen LogP contribution in [0.3, 0.4) is 0 Å². The van der Waals surface area contributed by atoms with Crippen LogP contribution < -0.4 is 9.62 Å². The van der Waals surface area contributed by atoms with Gasteiger partial charge in [-0.1, -0.05) is 31.9 Å². The van der Waals surface area contributed by atoms with Gasteiger partial charge in [0.1, 0.15) is 0 Å². The maximum absolute atomic E-state index is 12.4. The smallest absolute Gasteiger partial charge is 0.253 e. The lowest BCUT2D eigenvalue weighted by atomic mass is 9.99. The molecule has 6 nitrogen and oxygen atoms in total. The van der Waals surface area contributed by atoms with Crippen LogP contribution in [-0.4, -0.2) is 44.4 Å². The van der Waals surface area contributed by atoms with Crippen molar-refractivity contribution >= 4 is 33.2 Å². The highest BCUT2D eigenvalue weighted by Gasteiger charge is 2.27. The van der Waals surface area contributed by atoms with E-state index in [1.165, 1.54) is 16.4 Å². The molecule has 0 aliphatic carbocycles. The standard InChI is InChI=1S/C17H25ClN2O4S/c1-3-12(2)16(11-21)19-17(22)14-7-6-13(10-15(14)18)20-8-4-5-9-25(20,23)24/h6-7,10,12,16,21H,3-5,8-9,11H2,1-2H3,(H,19,22)/t12-,16-/m1/s1. The maximum Gasteiger partial charge on any atom is 0.253 e. The van der Waals surface area contributed by atoms with Crippen molar-refractivity contribution in [2.75, 3.05) is 23.2 Å². The lowest BCUT2D eigenvalue weighted by Gasteiger charge is -2.28. The van der Waals surface area contributed by atoms with E-state index in [4.69, 9.17) is 11.6 Å². The molecule has 1 fully saturated rings. The van der Waals surface area contributed by atoms with Gasteiger partial charge in [0.25, 0.3) is 5.91 Å². The highest BCUT2D eigenvalue weighted by atomic mass is 35.5. The quantitative estimate of drug-likeness (QED) is 0.783. The third-order valence-corrected chi connectivity index (χ3v) is 6.86. The minimum absolute atomic E-state index is 0.125. The van der Waals surface area contributed by atoms with Crippen LogP contribution in [0.15, 0.2) is 18.2 Å². The Labute approximate surface area is 154 Å². The van der Waals surface area contributed by atoms with Gasteiger partial charge in [-0.3, -0.25) is 9.10 Å². The molecule has 1 saturated heterocycles. The van der Waals surface area contributed by atoms with Crippen molar-refractivity contribution in [3.8, 4) is 0 Å². The zero-order valence-electron chi connectivity index (χ0n) is 14.5. The van der Waals surface area contributed by atoms with Gasteiger partial charge in [-0.25, -0.2) is 8.42 Å². The predicted molar refractivity (Wildman–Crippen MR) is 99.6 cm³/mol. The maximum atomic E-state index is 12.4. The van der Waals surface area contributed by atoms with Crippen LogP contribution in [0, 0.1) is 5.92 Å². The van der Waals surface area contributed by atoms with E-state index in [1.54, 1.807) is 6.07 Å². The number of aliphatic hydroxyl groups excluding tert-OH is 1. The molecule has 8 heteroatoms. The zero-order valence-corrected chi connectivity index (χ0v) is 16.1. The van der Waals surface area contributed by atoms with Gasteiger partial charge in [-0.2, -0.15) is 0 Å². The fourth-order valence-corrected chi connectivity index (χ4v) is 4.71. The Morgan fingerprint density at radius 1 is 1.40 bits per heavy atom. The van der Waals surface area contributed by atoms with Crippen molar-refractivity contribution in [2.24, 2.45) is 5.92 Å². The molecular weight excluding hydrogens is 364 g/mol. The largest absolute Gasteiger partial charge is 0.394 e. The summed E-state index contributed by atoms with van der Waals surface area (Å²) in [7, 11) is -3.32. The number of rotatable bonds is 6. The molecule has 1 heterocycles. The molecule has 25 heavy (non-hydrogen) atoms. The number of hydrogen-bond acceptors (Lipinski definition) is 4. The fourth-order valence-electron chi connectivity index (χ4n) is 2.82. The summed E-state index contributed by atoms with van der Waals surface area (Å²) < 4.78 is 25.7. The van der Waals surface area contributed by atoms with E-state index in [0.717, 1.165) is 12.8 Å². The molecule has 1 amide bonds. The number of nitrogens with one attached hydrogen (secondary N) is 1. The number of anilines is 1. The van der Waals surface area contributed by atoms with Crippen LogP contribution >= 0.6 is 11.6 Å². The van der Waals surface area contributed by atoms with Gasteiger partial charge in [-0.15, -0.1) is 0 Å². The molecule has 2 rings (SSSR count). The fraction of sp³-hybridized carbons (Fsp3) is 0.588. The molecule has 140 valence electrons. The van der Waals surface area contributed by atoms with Gasteiger partial charge in [0.05, 0.1) is 34.7 Å². The monoisotopic (exact) mass is 388 g/mol. The minimum Gasteiger partial charge on any atom is -0.394 e. The van der Waals surface area contributed by atoms with E-state index in [-0.39, 0.29) is 40.8 Å². The van der Waals surface area contributed by atoms with E-state index >= 15 is 0 Å². The summed E-state index contributed by atoms with van der Waals surface area (Å²) >= 11 is 6.23. The summed E-state index contributed by atoms with van der Waals surface area (Å²) in [6.45, 7) is 4.21. The zero-order chi connectivity index (χ0) is 18.6. The third kappa shape index (κ3) is 4.65. The van der Waals surface area contributed by atoms with Crippen molar-refractivity contribution < 1.29 is 18.3 Å². The molecule has 0 spiro atoms. The average molecular weight is 389 g/mol. The molecule has 2 atom stereocenters. The van der Waals surface area contributed by atoms with E-state index in [1.807, 2.05) is 13.8 Å². The molecular formula is C17H25ClN2O4S. The SMILES string of the molecule is CC[C@@H](C)[C@@H](CO)NC(=O)c1ccc(N2CCCCS2(=O)=O)cc1Cl. The number of halogens is 1. The number of sulfonamides is 1. The van der Waals surface area contributed by atoms with E-state index in [9.17, 15) is 18.3 Å². The second kappa shape index (κ2) is 8.38. The summed E-state index contributed by atoms with van der Waals surface area (Å²) in [6.07, 6.45) is 2.28. The first kappa shape index (κ1) is 20.0. The molecule has 1 aromatic rings. The topological polar surface area (TPSA) is 86.7 Å². The molecule has 0 aromatic heterocycles. The highest BCUT2D eigenvalue weighted by Crippen LogP contribution is 2.28. The Morgan fingerprint density at radius 3 is 2.68 bits per heavy atom. The minimum atomic E-state index is -3.32. The van der Waals surface area contributed by atoms with Crippen LogP contribution in [-0.2, 0) is 10.0 Å². The third-order valence-electron chi connectivity index (χ3n) is 4.68. The lowest BCUT2D eigenvalue weighted by Crippen LogP contribution is -2.42. The second-order valence-electron chi connectivity index (χ2n) is 6.41. The summed E-state index contributed by atoms with van der Waals surface area (Å²) in [5.74, 6) is -0.122. The summed E-state index contributed by atoms with van der Waals surface area (Å²) in [6, 6.07) is 4.29.